The third-order valence-electron chi connectivity index (χ3n) is 6.26. The molecule has 0 saturated carbocycles. The van der Waals surface area contributed by atoms with Crippen molar-refractivity contribution < 1.29 is 9.50 Å². The number of hydrogen-bond donors (Lipinski definition) is 4. The average molecular weight is 524 g/mol. The molecule has 0 aliphatic rings. The summed E-state index contributed by atoms with van der Waals surface area (Å²) in [4.78, 5) is 25.2. The lowest BCUT2D eigenvalue weighted by Crippen LogP contribution is -2.25. The van der Waals surface area contributed by atoms with Crippen molar-refractivity contribution in [3.63, 3.8) is 0 Å². The first-order chi connectivity index (χ1) is 18.8. The van der Waals surface area contributed by atoms with Crippen LogP contribution in [0.15, 0.2) is 61.4 Å². The maximum absolute atomic E-state index is 16.1. The molecule has 6 aromatic heterocycles. The van der Waals surface area contributed by atoms with Crippen LogP contribution in [0.4, 0.5) is 10.1 Å². The molecule has 4 N–H and O–H groups in total. The van der Waals surface area contributed by atoms with Gasteiger partial charge in [-0.1, -0.05) is 20.8 Å². The Hall–Kier alpha value is -4.77. The van der Waals surface area contributed by atoms with E-state index >= 15 is 4.39 Å². The van der Waals surface area contributed by atoms with Gasteiger partial charge in [0, 0.05) is 35.9 Å². The van der Waals surface area contributed by atoms with Crippen molar-refractivity contribution in [2.24, 2.45) is 5.41 Å². The summed E-state index contributed by atoms with van der Waals surface area (Å²) in [7, 11) is 0. The van der Waals surface area contributed by atoms with Crippen LogP contribution in [0.1, 0.15) is 27.2 Å². The predicted molar refractivity (Wildman–Crippen MR) is 147 cm³/mol. The summed E-state index contributed by atoms with van der Waals surface area (Å²) in [5, 5.41) is 20.9. The Morgan fingerprint density at radius 2 is 1.79 bits per heavy atom. The molecule has 11 heteroatoms. The van der Waals surface area contributed by atoms with Crippen LogP contribution >= 0.6 is 0 Å². The van der Waals surface area contributed by atoms with Gasteiger partial charge in [-0.25, -0.2) is 9.37 Å². The lowest BCUT2D eigenvalue weighted by atomic mass is 9.91. The van der Waals surface area contributed by atoms with Crippen LogP contribution < -0.4 is 5.32 Å². The van der Waals surface area contributed by atoms with Crippen LogP contribution in [-0.2, 0) is 0 Å². The molecule has 0 aliphatic carbocycles. The number of nitrogens with one attached hydrogen (secondary N) is 3. The van der Waals surface area contributed by atoms with E-state index in [1.165, 1.54) is 12.4 Å². The van der Waals surface area contributed by atoms with Crippen LogP contribution in [0, 0.1) is 11.2 Å². The zero-order valence-electron chi connectivity index (χ0n) is 21.6. The van der Waals surface area contributed by atoms with Crippen LogP contribution in [0.3, 0.4) is 0 Å². The van der Waals surface area contributed by atoms with Crippen molar-refractivity contribution in [2.45, 2.75) is 33.4 Å². The van der Waals surface area contributed by atoms with E-state index in [1.54, 1.807) is 30.9 Å². The molecule has 1 unspecified atom stereocenters. The summed E-state index contributed by atoms with van der Waals surface area (Å²) in [5.41, 5.74) is 4.66. The smallest absolute Gasteiger partial charge is 0.161 e. The number of anilines is 1. The lowest BCUT2D eigenvalue weighted by molar-refractivity contribution is 0.145. The van der Waals surface area contributed by atoms with E-state index in [9.17, 15) is 5.11 Å². The molecule has 1 atom stereocenters. The van der Waals surface area contributed by atoms with Gasteiger partial charge in [0.05, 0.1) is 40.2 Å². The molecule has 196 valence electrons. The molecule has 0 aliphatic heterocycles. The first-order valence-corrected chi connectivity index (χ1v) is 12.4. The Balaban J connectivity index is 1.40. The van der Waals surface area contributed by atoms with E-state index < -0.39 is 12.0 Å². The number of aromatic amines is 2. The topological polar surface area (TPSA) is 141 Å². The number of rotatable bonds is 6. The highest BCUT2D eigenvalue weighted by atomic mass is 19.1. The normalized spacial score (nSPS) is 12.7. The summed E-state index contributed by atoms with van der Waals surface area (Å²) < 4.78 is 16.1. The highest BCUT2D eigenvalue weighted by Gasteiger charge is 2.22. The van der Waals surface area contributed by atoms with E-state index in [2.05, 4.69) is 40.4 Å². The Labute approximate surface area is 222 Å². The van der Waals surface area contributed by atoms with Crippen molar-refractivity contribution in [1.29, 1.82) is 0 Å². The zero-order chi connectivity index (χ0) is 27.1. The van der Waals surface area contributed by atoms with Gasteiger partial charge in [-0.3, -0.25) is 25.0 Å². The number of nitrogens with zero attached hydrogens (tertiary/aromatic N) is 6. The molecule has 0 bridgehead atoms. The molecule has 0 aromatic carbocycles. The Morgan fingerprint density at radius 1 is 0.949 bits per heavy atom. The summed E-state index contributed by atoms with van der Waals surface area (Å²) in [5.74, 6) is -0.166. The standard InChI is InChI=1S/C28H26FN9O/c1-28(2,3)10-20(39)34-17-9-16(12-31-13-17)23-22(29)21-19(14-33-23)37-38-26(21)27-35-18-6-8-32-24(25(18)36-27)15-5-4-7-30-11-15/h4-9,11-14,20,34,39H,10H2,1-3H3,(H,35,36)(H,37,38). The van der Waals surface area contributed by atoms with Gasteiger partial charge in [0.25, 0.3) is 0 Å². The largest absolute Gasteiger partial charge is 0.374 e. The monoisotopic (exact) mass is 523 g/mol. The fraction of sp³-hybridized carbons (Fsp3) is 0.214. The van der Waals surface area contributed by atoms with E-state index in [-0.39, 0.29) is 16.5 Å². The van der Waals surface area contributed by atoms with Gasteiger partial charge in [0.2, 0.25) is 0 Å². The minimum Gasteiger partial charge on any atom is -0.374 e. The van der Waals surface area contributed by atoms with Gasteiger partial charge in [-0.05, 0) is 36.1 Å². The third-order valence-corrected chi connectivity index (χ3v) is 6.26. The molecule has 39 heavy (non-hydrogen) atoms. The Bertz CT molecular complexity index is 1790. The fourth-order valence-electron chi connectivity index (χ4n) is 4.58. The fourth-order valence-corrected chi connectivity index (χ4v) is 4.58. The number of imidazole rings is 1. The molecule has 10 nitrogen and oxygen atoms in total. The molecule has 6 aromatic rings. The van der Waals surface area contributed by atoms with Gasteiger partial charge in [0.1, 0.15) is 23.1 Å². The van der Waals surface area contributed by atoms with E-state index in [1.807, 2.05) is 39.0 Å². The van der Waals surface area contributed by atoms with Crippen LogP contribution in [0.25, 0.3) is 56.0 Å². The molecule has 6 heterocycles. The highest BCUT2D eigenvalue weighted by molar-refractivity contribution is 5.97. The SMILES string of the molecule is CC(C)(C)CC(O)Nc1cncc(-c2ncc3[nH]nc(-c4nc5c(-c6cccnc6)nccc5[nH]4)c3c2F)c1. The van der Waals surface area contributed by atoms with E-state index in [0.29, 0.717) is 45.9 Å². The van der Waals surface area contributed by atoms with Crippen LogP contribution in [0.5, 0.6) is 0 Å². The van der Waals surface area contributed by atoms with Gasteiger partial charge in [0.15, 0.2) is 11.6 Å². The van der Waals surface area contributed by atoms with Crippen LogP contribution in [-0.4, -0.2) is 51.4 Å². The van der Waals surface area contributed by atoms with Crippen molar-refractivity contribution in [2.75, 3.05) is 5.32 Å². The quantitative estimate of drug-likeness (QED) is 0.215. The molecular weight excluding hydrogens is 497 g/mol. The second kappa shape index (κ2) is 9.52. The molecule has 0 fully saturated rings. The predicted octanol–water partition coefficient (Wildman–Crippen LogP) is 5.33. The van der Waals surface area contributed by atoms with Gasteiger partial charge in [-0.15, -0.1) is 0 Å². The third kappa shape index (κ3) is 4.79. The molecule has 0 spiro atoms. The minimum atomic E-state index is -0.776. The first-order valence-electron chi connectivity index (χ1n) is 12.4. The first kappa shape index (κ1) is 24.6. The molecular formula is C28H26FN9O. The second-order valence-corrected chi connectivity index (χ2v) is 10.6. The number of hydrogen-bond acceptors (Lipinski definition) is 8. The maximum Gasteiger partial charge on any atom is 0.161 e. The summed E-state index contributed by atoms with van der Waals surface area (Å²) in [6.45, 7) is 6.13. The van der Waals surface area contributed by atoms with Crippen molar-refractivity contribution >= 4 is 27.6 Å². The average Bonchev–Trinajstić information content (AvgIpc) is 3.53. The van der Waals surface area contributed by atoms with Crippen molar-refractivity contribution in [3.8, 4) is 34.0 Å². The van der Waals surface area contributed by atoms with Gasteiger partial charge >= 0.3 is 0 Å². The number of halogens is 1. The van der Waals surface area contributed by atoms with Gasteiger partial charge < -0.3 is 15.4 Å². The minimum absolute atomic E-state index is 0.0701. The summed E-state index contributed by atoms with van der Waals surface area (Å²) in [6.07, 6.45) is 9.50. The number of H-pyrrole nitrogens is 2. The zero-order valence-corrected chi connectivity index (χ0v) is 21.6. The highest BCUT2D eigenvalue weighted by Crippen LogP contribution is 2.34. The Morgan fingerprint density at radius 3 is 2.59 bits per heavy atom. The molecule has 0 radical (unpaired) electrons. The molecule has 0 amide bonds. The summed E-state index contributed by atoms with van der Waals surface area (Å²) in [6, 6.07) is 7.26. The van der Waals surface area contributed by atoms with Crippen LogP contribution in [0.2, 0.25) is 0 Å². The maximum atomic E-state index is 16.1. The number of aliphatic hydroxyl groups excluding tert-OH is 1. The second-order valence-electron chi connectivity index (χ2n) is 10.6. The number of pyridine rings is 4. The number of aliphatic hydroxyl groups is 1. The summed E-state index contributed by atoms with van der Waals surface area (Å²) >= 11 is 0. The van der Waals surface area contributed by atoms with E-state index in [0.717, 1.165) is 11.1 Å². The van der Waals surface area contributed by atoms with Crippen molar-refractivity contribution in [3.05, 3.63) is 67.3 Å². The Kier molecular flexibility index (Phi) is 5.99. The van der Waals surface area contributed by atoms with Gasteiger partial charge in [-0.2, -0.15) is 5.10 Å². The lowest BCUT2D eigenvalue weighted by Gasteiger charge is -2.23. The molecule has 0 saturated heterocycles. The van der Waals surface area contributed by atoms with E-state index in [4.69, 9.17) is 4.98 Å². The number of fused-ring (bicyclic) bond motifs is 2. The van der Waals surface area contributed by atoms with Crippen molar-refractivity contribution in [1.82, 2.24) is 40.1 Å². The number of aromatic nitrogens is 8. The molecule has 6 rings (SSSR count).